The fraction of sp³-hybridized carbons (Fsp3) is 0.450. The van der Waals surface area contributed by atoms with Crippen LogP contribution in [0.25, 0.3) is 17.2 Å². The molecule has 0 radical (unpaired) electrons. The Balaban J connectivity index is 1.96. The summed E-state index contributed by atoms with van der Waals surface area (Å²) in [6, 6.07) is 9.81. The first-order chi connectivity index (χ1) is 12.3. The quantitative estimate of drug-likeness (QED) is 0.765. The van der Waals surface area contributed by atoms with Gasteiger partial charge >= 0.3 is 0 Å². The first-order valence-corrected chi connectivity index (χ1v) is 9.14. The fourth-order valence-electron chi connectivity index (χ4n) is 2.95. The number of benzene rings is 1. The van der Waals surface area contributed by atoms with Crippen LogP contribution >= 0.6 is 0 Å². The maximum Gasteiger partial charge on any atom is 0.275 e. The van der Waals surface area contributed by atoms with Gasteiger partial charge in [0.05, 0.1) is 0 Å². The summed E-state index contributed by atoms with van der Waals surface area (Å²) >= 11 is 0. The second kappa shape index (κ2) is 7.03. The van der Waals surface area contributed by atoms with E-state index >= 15 is 0 Å². The highest BCUT2D eigenvalue weighted by atomic mass is 16.1. The topological polar surface area (TPSA) is 66.3 Å². The third kappa shape index (κ3) is 3.70. The zero-order chi connectivity index (χ0) is 18.9. The number of nitrogens with zero attached hydrogens (tertiary/aromatic N) is 4. The molecule has 0 aliphatic heterocycles. The van der Waals surface area contributed by atoms with E-state index < -0.39 is 0 Å². The van der Waals surface area contributed by atoms with E-state index in [0.29, 0.717) is 18.1 Å². The highest BCUT2D eigenvalue weighted by Crippen LogP contribution is 2.24. The van der Waals surface area contributed by atoms with Crippen molar-refractivity contribution in [1.82, 2.24) is 24.5 Å². The Labute approximate surface area is 153 Å². The van der Waals surface area contributed by atoms with Crippen molar-refractivity contribution in [3.05, 3.63) is 51.9 Å². The summed E-state index contributed by atoms with van der Waals surface area (Å²) in [4.78, 5) is 22.4. The summed E-state index contributed by atoms with van der Waals surface area (Å²) in [5, 5.41) is 4.38. The van der Waals surface area contributed by atoms with Crippen molar-refractivity contribution in [2.75, 3.05) is 13.1 Å². The average molecular weight is 353 g/mol. The van der Waals surface area contributed by atoms with Crippen molar-refractivity contribution < 1.29 is 0 Å². The Morgan fingerprint density at radius 3 is 2.35 bits per heavy atom. The summed E-state index contributed by atoms with van der Waals surface area (Å²) in [5.41, 5.74) is 2.95. The minimum absolute atomic E-state index is 0.0974. The number of hydrogen-bond donors (Lipinski definition) is 1. The average Bonchev–Trinajstić information content (AvgIpc) is 3.04. The molecular weight excluding hydrogens is 326 g/mol. The van der Waals surface area contributed by atoms with Gasteiger partial charge in [-0.3, -0.25) is 9.69 Å². The summed E-state index contributed by atoms with van der Waals surface area (Å²) in [7, 11) is 0. The fourth-order valence-corrected chi connectivity index (χ4v) is 2.95. The van der Waals surface area contributed by atoms with E-state index in [0.717, 1.165) is 24.3 Å². The van der Waals surface area contributed by atoms with Gasteiger partial charge in [-0.15, -0.1) is 5.10 Å². The third-order valence-corrected chi connectivity index (χ3v) is 4.68. The minimum Gasteiger partial charge on any atom is -0.326 e. The smallest absolute Gasteiger partial charge is 0.275 e. The molecule has 0 bridgehead atoms. The zero-order valence-corrected chi connectivity index (χ0v) is 16.2. The molecule has 0 atom stereocenters. The summed E-state index contributed by atoms with van der Waals surface area (Å²) in [6.45, 7) is 13.3. The van der Waals surface area contributed by atoms with Gasteiger partial charge in [-0.2, -0.15) is 9.50 Å². The summed E-state index contributed by atoms with van der Waals surface area (Å²) in [5.74, 6) is 1.04. The maximum absolute atomic E-state index is 12.4. The van der Waals surface area contributed by atoms with Crippen molar-refractivity contribution in [2.24, 2.45) is 0 Å². The van der Waals surface area contributed by atoms with E-state index in [9.17, 15) is 4.79 Å². The minimum atomic E-state index is -0.161. The van der Waals surface area contributed by atoms with Crippen LogP contribution in [0.2, 0.25) is 0 Å². The Kier molecular flexibility index (Phi) is 4.96. The monoisotopic (exact) mass is 353 g/mol. The Morgan fingerprint density at radius 2 is 1.77 bits per heavy atom. The van der Waals surface area contributed by atoms with Crippen LogP contribution in [0.4, 0.5) is 0 Å². The van der Waals surface area contributed by atoms with E-state index in [2.05, 4.69) is 66.7 Å². The van der Waals surface area contributed by atoms with Crippen molar-refractivity contribution in [1.29, 1.82) is 0 Å². The largest absolute Gasteiger partial charge is 0.326 e. The van der Waals surface area contributed by atoms with Gasteiger partial charge in [-0.25, -0.2) is 0 Å². The standard InChI is InChI=1S/C20H27N5O/c1-6-24(7-2)13-16-12-17(26)25-19(21-16)22-18(23-25)14-8-10-15(11-9-14)20(3,4)5/h8-12H,6-7,13H2,1-5H3,(H,21,22,23). The lowest BCUT2D eigenvalue weighted by molar-refractivity contribution is 0.292. The molecule has 6 nitrogen and oxygen atoms in total. The predicted molar refractivity (Wildman–Crippen MR) is 104 cm³/mol. The second-order valence-electron chi connectivity index (χ2n) is 7.59. The number of aromatic nitrogens is 4. The Morgan fingerprint density at radius 1 is 1.12 bits per heavy atom. The highest BCUT2D eigenvalue weighted by Gasteiger charge is 2.15. The third-order valence-electron chi connectivity index (χ3n) is 4.68. The second-order valence-corrected chi connectivity index (χ2v) is 7.59. The van der Waals surface area contributed by atoms with Crippen LogP contribution in [0.5, 0.6) is 0 Å². The molecule has 3 aromatic rings. The van der Waals surface area contributed by atoms with Crippen LogP contribution in [0.15, 0.2) is 35.1 Å². The maximum atomic E-state index is 12.4. The molecule has 1 aromatic carbocycles. The molecule has 26 heavy (non-hydrogen) atoms. The first kappa shape index (κ1) is 18.3. The molecule has 0 saturated carbocycles. The lowest BCUT2D eigenvalue weighted by Crippen LogP contribution is -2.25. The van der Waals surface area contributed by atoms with E-state index in [-0.39, 0.29) is 11.0 Å². The van der Waals surface area contributed by atoms with Gasteiger partial charge in [0.15, 0.2) is 5.82 Å². The van der Waals surface area contributed by atoms with E-state index in [4.69, 9.17) is 0 Å². The van der Waals surface area contributed by atoms with Gasteiger partial charge in [-0.05, 0) is 24.1 Å². The number of H-pyrrole nitrogens is 1. The first-order valence-electron chi connectivity index (χ1n) is 9.14. The number of aromatic amines is 1. The Hall–Kier alpha value is -2.47. The van der Waals surface area contributed by atoms with Crippen molar-refractivity contribution in [2.45, 2.75) is 46.6 Å². The van der Waals surface area contributed by atoms with Gasteiger partial charge in [0.1, 0.15) is 0 Å². The van der Waals surface area contributed by atoms with Crippen LogP contribution in [0.3, 0.4) is 0 Å². The molecule has 138 valence electrons. The van der Waals surface area contributed by atoms with Crippen molar-refractivity contribution in [3.8, 4) is 11.4 Å². The van der Waals surface area contributed by atoms with Crippen LogP contribution in [-0.2, 0) is 12.0 Å². The molecule has 0 aliphatic rings. The molecule has 3 rings (SSSR count). The SMILES string of the molecule is CCN(CC)Cc1cc(=O)n2nc(-c3ccc(C(C)(C)C)cc3)nc2[nH]1. The lowest BCUT2D eigenvalue weighted by atomic mass is 9.87. The number of nitrogens with one attached hydrogen (secondary N) is 1. The molecule has 6 heteroatoms. The summed E-state index contributed by atoms with van der Waals surface area (Å²) in [6.07, 6.45) is 0. The molecule has 2 heterocycles. The van der Waals surface area contributed by atoms with Crippen LogP contribution < -0.4 is 5.56 Å². The van der Waals surface area contributed by atoms with E-state index in [1.165, 1.54) is 10.1 Å². The lowest BCUT2D eigenvalue weighted by Gasteiger charge is -2.18. The molecule has 2 aromatic heterocycles. The molecule has 0 aliphatic carbocycles. The predicted octanol–water partition coefficient (Wildman–Crippen LogP) is 3.22. The molecule has 0 amide bonds. The van der Waals surface area contributed by atoms with Gasteiger partial charge in [0.25, 0.3) is 5.56 Å². The normalized spacial score (nSPS) is 12.2. The molecule has 0 fully saturated rings. The van der Waals surface area contributed by atoms with Gasteiger partial charge in [0.2, 0.25) is 5.78 Å². The molecule has 0 spiro atoms. The molecule has 1 N–H and O–H groups in total. The van der Waals surface area contributed by atoms with Crippen LogP contribution in [0, 0.1) is 0 Å². The summed E-state index contributed by atoms with van der Waals surface area (Å²) < 4.78 is 1.33. The van der Waals surface area contributed by atoms with Crippen LogP contribution in [0.1, 0.15) is 45.9 Å². The van der Waals surface area contributed by atoms with Crippen molar-refractivity contribution >= 4 is 5.78 Å². The van der Waals surface area contributed by atoms with E-state index in [1.54, 1.807) is 6.07 Å². The molecule has 0 saturated heterocycles. The number of fused-ring (bicyclic) bond motifs is 1. The van der Waals surface area contributed by atoms with Crippen molar-refractivity contribution in [3.63, 3.8) is 0 Å². The van der Waals surface area contributed by atoms with Gasteiger partial charge in [-0.1, -0.05) is 58.9 Å². The van der Waals surface area contributed by atoms with Gasteiger partial charge < -0.3 is 4.98 Å². The highest BCUT2D eigenvalue weighted by molar-refractivity contribution is 5.57. The molecule has 0 unspecified atom stereocenters. The van der Waals surface area contributed by atoms with Gasteiger partial charge in [0, 0.05) is 23.9 Å². The number of rotatable bonds is 5. The van der Waals surface area contributed by atoms with E-state index in [1.807, 2.05) is 12.1 Å². The molecular formula is C20H27N5O. The Bertz CT molecular complexity index is 943. The number of hydrogen-bond acceptors (Lipinski definition) is 4. The zero-order valence-electron chi connectivity index (χ0n) is 16.2. The van der Waals surface area contributed by atoms with Crippen LogP contribution in [-0.4, -0.2) is 37.6 Å².